The highest BCUT2D eigenvalue weighted by Gasteiger charge is 2.00. The van der Waals surface area contributed by atoms with E-state index in [1.807, 2.05) is 41.9 Å². The number of aromatic nitrogens is 3. The number of nitrogens with zero attached hydrogens (tertiary/aromatic N) is 3. The van der Waals surface area contributed by atoms with Gasteiger partial charge in [0, 0.05) is 0 Å². The minimum absolute atomic E-state index is 0.681. The Bertz CT molecular complexity index is 462. The van der Waals surface area contributed by atoms with Gasteiger partial charge in [0.15, 0.2) is 0 Å². The lowest BCUT2D eigenvalue weighted by Crippen LogP contribution is -1.97. The maximum absolute atomic E-state index is 5.10. The second-order valence-electron chi connectivity index (χ2n) is 3.09. The molecule has 2 rings (SSSR count). The van der Waals surface area contributed by atoms with Crippen molar-refractivity contribution in [2.45, 2.75) is 13.5 Å². The van der Waals surface area contributed by atoms with Crippen molar-refractivity contribution in [2.75, 3.05) is 6.61 Å². The Morgan fingerprint density at radius 3 is 3.13 bits per heavy atom. The van der Waals surface area contributed by atoms with E-state index in [-0.39, 0.29) is 0 Å². The van der Waals surface area contributed by atoms with Crippen LogP contribution in [0.5, 0.6) is 0 Å². The van der Waals surface area contributed by atoms with Gasteiger partial charge in [-0.25, -0.2) is 4.68 Å². The third-order valence-corrected chi connectivity index (χ3v) is 2.06. The summed E-state index contributed by atoms with van der Waals surface area (Å²) in [4.78, 5) is 0. The van der Waals surface area contributed by atoms with E-state index in [4.69, 9.17) is 4.74 Å². The van der Waals surface area contributed by atoms with Gasteiger partial charge in [-0.2, -0.15) is 0 Å². The molecular weight excluding hydrogens is 190 g/mol. The fraction of sp³-hybridized carbons (Fsp3) is 0.273. The molecule has 0 amide bonds. The van der Waals surface area contributed by atoms with Gasteiger partial charge in [0.2, 0.25) is 0 Å². The zero-order valence-corrected chi connectivity index (χ0v) is 8.63. The van der Waals surface area contributed by atoms with E-state index in [2.05, 4.69) is 10.3 Å². The summed E-state index contributed by atoms with van der Waals surface area (Å²) in [5.41, 5.74) is 1.96. The molecule has 0 spiro atoms. The summed E-state index contributed by atoms with van der Waals surface area (Å²) in [5.74, 6) is 0. The largest absolute Gasteiger partial charge is 0.502 e. The maximum atomic E-state index is 5.10. The van der Waals surface area contributed by atoms with Crippen LogP contribution in [0, 0.1) is 0 Å². The van der Waals surface area contributed by atoms with E-state index >= 15 is 0 Å². The van der Waals surface area contributed by atoms with Crippen LogP contribution < -0.4 is 0 Å². The monoisotopic (exact) mass is 203 g/mol. The van der Waals surface area contributed by atoms with Crippen LogP contribution >= 0.6 is 0 Å². The topological polar surface area (TPSA) is 39.9 Å². The highest BCUT2D eigenvalue weighted by atomic mass is 16.5. The molecule has 1 aromatic carbocycles. The molecule has 0 N–H and O–H groups in total. The summed E-state index contributed by atoms with van der Waals surface area (Å²) in [7, 11) is 0. The third-order valence-electron chi connectivity index (χ3n) is 2.06. The molecule has 78 valence electrons. The van der Waals surface area contributed by atoms with Gasteiger partial charge in [-0.05, 0) is 25.1 Å². The predicted octanol–water partition coefficient (Wildman–Crippen LogP) is 1.98. The molecule has 0 unspecified atom stereocenters. The summed E-state index contributed by atoms with van der Waals surface area (Å²) in [6, 6.07) is 7.89. The molecular formula is C11H13N3O. The third kappa shape index (κ3) is 2.15. The number of hydrogen-bond donors (Lipinski definition) is 0. The smallest absolute Gasteiger partial charge is 0.113 e. The lowest BCUT2D eigenvalue weighted by Gasteiger charge is -1.96. The Hall–Kier alpha value is -1.84. The van der Waals surface area contributed by atoms with Gasteiger partial charge in [-0.1, -0.05) is 17.3 Å². The lowest BCUT2D eigenvalue weighted by molar-refractivity contribution is 0.267. The fourth-order valence-electron chi connectivity index (χ4n) is 1.36. The first kappa shape index (κ1) is 9.71. The SMILES string of the molecule is CCOC=CCn1nnc2ccccc21. The summed E-state index contributed by atoms with van der Waals surface area (Å²) in [6.45, 7) is 3.32. The molecule has 0 atom stereocenters. The van der Waals surface area contributed by atoms with E-state index in [0.717, 1.165) is 11.0 Å². The van der Waals surface area contributed by atoms with Crippen LogP contribution in [0.3, 0.4) is 0 Å². The number of allylic oxidation sites excluding steroid dienone is 1. The molecule has 0 aliphatic rings. The van der Waals surface area contributed by atoms with Crippen LogP contribution in [0.1, 0.15) is 6.92 Å². The van der Waals surface area contributed by atoms with Crippen LogP contribution in [-0.4, -0.2) is 21.6 Å². The lowest BCUT2D eigenvalue weighted by atomic mass is 10.3. The van der Waals surface area contributed by atoms with E-state index < -0.39 is 0 Å². The average molecular weight is 203 g/mol. The zero-order chi connectivity index (χ0) is 10.5. The minimum atomic E-state index is 0.681. The molecule has 0 saturated heterocycles. The molecule has 4 nitrogen and oxygen atoms in total. The van der Waals surface area contributed by atoms with Crippen molar-refractivity contribution in [3.63, 3.8) is 0 Å². The zero-order valence-electron chi connectivity index (χ0n) is 8.63. The fourth-order valence-corrected chi connectivity index (χ4v) is 1.36. The molecule has 0 aliphatic heterocycles. The number of ether oxygens (including phenoxy) is 1. The first-order valence-electron chi connectivity index (χ1n) is 4.96. The summed E-state index contributed by atoms with van der Waals surface area (Å²) >= 11 is 0. The summed E-state index contributed by atoms with van der Waals surface area (Å²) in [6.07, 6.45) is 3.61. The second kappa shape index (κ2) is 4.59. The van der Waals surface area contributed by atoms with E-state index in [1.54, 1.807) is 6.26 Å². The molecule has 1 heterocycles. The first-order chi connectivity index (χ1) is 7.42. The molecule has 0 radical (unpaired) electrons. The molecule has 0 fully saturated rings. The maximum Gasteiger partial charge on any atom is 0.113 e. The van der Waals surface area contributed by atoms with Crippen molar-refractivity contribution in [3.8, 4) is 0 Å². The van der Waals surface area contributed by atoms with E-state index in [0.29, 0.717) is 13.2 Å². The molecule has 1 aromatic heterocycles. The summed E-state index contributed by atoms with van der Waals surface area (Å²) in [5, 5.41) is 8.11. The molecule has 0 aliphatic carbocycles. The number of hydrogen-bond acceptors (Lipinski definition) is 3. The normalized spacial score (nSPS) is 11.3. The second-order valence-corrected chi connectivity index (χ2v) is 3.09. The van der Waals surface area contributed by atoms with Crippen LogP contribution in [0.25, 0.3) is 11.0 Å². The van der Waals surface area contributed by atoms with Crippen molar-refractivity contribution >= 4 is 11.0 Å². The Morgan fingerprint density at radius 2 is 2.27 bits per heavy atom. The highest BCUT2D eigenvalue weighted by Crippen LogP contribution is 2.09. The van der Waals surface area contributed by atoms with Crippen LogP contribution in [0.2, 0.25) is 0 Å². The van der Waals surface area contributed by atoms with Crippen LogP contribution in [-0.2, 0) is 11.3 Å². The Balaban J connectivity index is 2.14. The molecule has 2 aromatic rings. The van der Waals surface area contributed by atoms with Crippen molar-refractivity contribution in [1.29, 1.82) is 0 Å². The molecule has 4 heteroatoms. The number of para-hydroxylation sites is 1. The van der Waals surface area contributed by atoms with Gasteiger partial charge in [0.25, 0.3) is 0 Å². The first-order valence-corrected chi connectivity index (χ1v) is 4.96. The van der Waals surface area contributed by atoms with Crippen molar-refractivity contribution in [2.24, 2.45) is 0 Å². The Morgan fingerprint density at radius 1 is 1.40 bits per heavy atom. The van der Waals surface area contributed by atoms with Gasteiger partial charge in [0.1, 0.15) is 5.52 Å². The Labute approximate surface area is 88.2 Å². The van der Waals surface area contributed by atoms with Gasteiger partial charge < -0.3 is 4.74 Å². The molecule has 15 heavy (non-hydrogen) atoms. The number of benzene rings is 1. The Kier molecular flexibility index (Phi) is 2.97. The van der Waals surface area contributed by atoms with Gasteiger partial charge in [-0.3, -0.25) is 0 Å². The predicted molar refractivity (Wildman–Crippen MR) is 58.3 cm³/mol. The number of fused-ring (bicyclic) bond motifs is 1. The van der Waals surface area contributed by atoms with Crippen LogP contribution in [0.15, 0.2) is 36.6 Å². The van der Waals surface area contributed by atoms with Gasteiger partial charge in [0.05, 0.1) is 24.9 Å². The molecule has 0 bridgehead atoms. The van der Waals surface area contributed by atoms with Crippen molar-refractivity contribution in [1.82, 2.24) is 15.0 Å². The standard InChI is InChI=1S/C11H13N3O/c1-2-15-9-5-8-14-11-7-4-3-6-10(11)12-13-14/h3-7,9H,2,8H2,1H3. The molecule has 0 saturated carbocycles. The van der Waals surface area contributed by atoms with E-state index in [1.165, 1.54) is 0 Å². The number of rotatable bonds is 4. The average Bonchev–Trinajstić information content (AvgIpc) is 2.68. The van der Waals surface area contributed by atoms with Gasteiger partial charge in [-0.15, -0.1) is 5.10 Å². The van der Waals surface area contributed by atoms with E-state index in [9.17, 15) is 0 Å². The quantitative estimate of drug-likeness (QED) is 0.713. The highest BCUT2D eigenvalue weighted by molar-refractivity contribution is 5.73. The summed E-state index contributed by atoms with van der Waals surface area (Å²) < 4.78 is 6.94. The van der Waals surface area contributed by atoms with Crippen molar-refractivity contribution < 1.29 is 4.74 Å². The van der Waals surface area contributed by atoms with Crippen molar-refractivity contribution in [3.05, 3.63) is 36.6 Å². The minimum Gasteiger partial charge on any atom is -0.502 e. The van der Waals surface area contributed by atoms with Crippen LogP contribution in [0.4, 0.5) is 0 Å². The van der Waals surface area contributed by atoms with Gasteiger partial charge >= 0.3 is 0 Å².